The number of hydrogen-bond donors (Lipinski definition) is 4. The molecular weight excluding hydrogens is 258 g/mol. The number of rotatable bonds is 4. The van der Waals surface area contributed by atoms with Crippen molar-refractivity contribution in [3.05, 3.63) is 17.0 Å². The Balaban J connectivity index is 1.84. The number of carbonyl (C=O) groups is 1. The van der Waals surface area contributed by atoms with Gasteiger partial charge in [-0.1, -0.05) is 0 Å². The molecule has 1 fully saturated rings. The second kappa shape index (κ2) is 6.37. The summed E-state index contributed by atoms with van der Waals surface area (Å²) >= 11 is 0. The number of carbonyl (C=O) groups excluding carboxylic acids is 1. The van der Waals surface area contributed by atoms with Gasteiger partial charge in [0.25, 0.3) is 0 Å². The summed E-state index contributed by atoms with van der Waals surface area (Å²) in [5.74, 6) is -0.0943. The molecule has 20 heavy (non-hydrogen) atoms. The SMILES string of the molecule is Cc1n[nH]c(C)c1CCC(=O)N[C@@H]1CCC[C@@H](O)[C@@H]1O. The van der Waals surface area contributed by atoms with Crippen molar-refractivity contribution >= 4 is 5.91 Å². The first kappa shape index (κ1) is 15.0. The van der Waals surface area contributed by atoms with Crippen molar-refractivity contribution in [1.29, 1.82) is 0 Å². The van der Waals surface area contributed by atoms with Crippen molar-refractivity contribution in [2.45, 2.75) is 64.2 Å². The van der Waals surface area contributed by atoms with Gasteiger partial charge in [0.2, 0.25) is 5.91 Å². The fourth-order valence-corrected chi connectivity index (χ4v) is 2.77. The van der Waals surface area contributed by atoms with Crippen LogP contribution in [0.1, 0.15) is 42.6 Å². The molecule has 2 rings (SSSR count). The zero-order valence-corrected chi connectivity index (χ0v) is 12.0. The Kier molecular flexibility index (Phi) is 4.77. The quantitative estimate of drug-likeness (QED) is 0.640. The molecule has 1 amide bonds. The topological polar surface area (TPSA) is 98.2 Å². The average Bonchev–Trinajstić information content (AvgIpc) is 2.72. The van der Waals surface area contributed by atoms with Crippen molar-refractivity contribution in [2.24, 2.45) is 0 Å². The molecule has 0 radical (unpaired) electrons. The molecule has 0 aliphatic heterocycles. The van der Waals surface area contributed by atoms with E-state index in [1.54, 1.807) is 0 Å². The number of aromatic nitrogens is 2. The first-order chi connectivity index (χ1) is 9.49. The second-order valence-corrected chi connectivity index (χ2v) is 5.58. The van der Waals surface area contributed by atoms with Gasteiger partial charge in [0.1, 0.15) is 0 Å². The van der Waals surface area contributed by atoms with Crippen LogP contribution in [-0.2, 0) is 11.2 Å². The summed E-state index contributed by atoms with van der Waals surface area (Å²) < 4.78 is 0. The van der Waals surface area contributed by atoms with Crippen LogP contribution in [0.5, 0.6) is 0 Å². The van der Waals surface area contributed by atoms with Crippen LogP contribution in [-0.4, -0.2) is 44.6 Å². The number of aliphatic hydroxyl groups is 2. The Morgan fingerprint density at radius 2 is 2.15 bits per heavy atom. The Hall–Kier alpha value is -1.40. The molecule has 0 saturated heterocycles. The number of H-pyrrole nitrogens is 1. The van der Waals surface area contributed by atoms with Gasteiger partial charge in [0.05, 0.1) is 23.9 Å². The van der Waals surface area contributed by atoms with Crippen molar-refractivity contribution in [1.82, 2.24) is 15.5 Å². The highest BCUT2D eigenvalue weighted by Crippen LogP contribution is 2.19. The molecule has 1 aliphatic rings. The molecule has 6 heteroatoms. The maximum Gasteiger partial charge on any atom is 0.220 e. The van der Waals surface area contributed by atoms with Crippen LogP contribution in [0.3, 0.4) is 0 Å². The molecule has 0 unspecified atom stereocenters. The Bertz CT molecular complexity index is 453. The summed E-state index contributed by atoms with van der Waals surface area (Å²) in [4.78, 5) is 11.9. The van der Waals surface area contributed by atoms with Gasteiger partial charge >= 0.3 is 0 Å². The van der Waals surface area contributed by atoms with Gasteiger partial charge in [-0.05, 0) is 45.1 Å². The molecule has 6 nitrogen and oxygen atoms in total. The molecule has 1 aromatic rings. The van der Waals surface area contributed by atoms with E-state index in [2.05, 4.69) is 15.5 Å². The van der Waals surface area contributed by atoms with E-state index in [-0.39, 0.29) is 11.9 Å². The van der Waals surface area contributed by atoms with Crippen LogP contribution < -0.4 is 5.32 Å². The van der Waals surface area contributed by atoms with Gasteiger partial charge in [-0.25, -0.2) is 0 Å². The molecule has 4 N–H and O–H groups in total. The predicted molar refractivity (Wildman–Crippen MR) is 74.2 cm³/mol. The Morgan fingerprint density at radius 3 is 2.80 bits per heavy atom. The minimum atomic E-state index is -0.856. The molecule has 1 saturated carbocycles. The van der Waals surface area contributed by atoms with E-state index in [0.717, 1.165) is 23.4 Å². The van der Waals surface area contributed by atoms with Crippen molar-refractivity contribution in [3.63, 3.8) is 0 Å². The molecule has 1 aromatic heterocycles. The van der Waals surface area contributed by atoms with Gasteiger partial charge < -0.3 is 15.5 Å². The third kappa shape index (κ3) is 3.37. The molecule has 0 bridgehead atoms. The third-order valence-corrected chi connectivity index (χ3v) is 4.05. The third-order valence-electron chi connectivity index (χ3n) is 4.05. The summed E-state index contributed by atoms with van der Waals surface area (Å²) in [6.45, 7) is 3.85. The largest absolute Gasteiger partial charge is 0.390 e. The summed E-state index contributed by atoms with van der Waals surface area (Å²) in [5, 5.41) is 29.3. The number of aromatic amines is 1. The van der Waals surface area contributed by atoms with Crippen LogP contribution in [0, 0.1) is 13.8 Å². The normalized spacial score (nSPS) is 26.5. The first-order valence-corrected chi connectivity index (χ1v) is 7.15. The maximum absolute atomic E-state index is 11.9. The number of nitrogens with zero attached hydrogens (tertiary/aromatic N) is 1. The zero-order chi connectivity index (χ0) is 14.7. The summed E-state index contributed by atoms with van der Waals surface area (Å²) in [5.41, 5.74) is 2.98. The lowest BCUT2D eigenvalue weighted by Gasteiger charge is -2.32. The Labute approximate surface area is 118 Å². The van der Waals surface area contributed by atoms with Gasteiger partial charge in [0, 0.05) is 12.1 Å². The first-order valence-electron chi connectivity index (χ1n) is 7.15. The monoisotopic (exact) mass is 281 g/mol. The standard InChI is InChI=1S/C14H23N3O3/c1-8-10(9(2)17-16-8)6-7-13(19)15-11-4-3-5-12(18)14(11)20/h11-12,14,18,20H,3-7H2,1-2H3,(H,15,19)(H,16,17)/t11-,12-,14-/m1/s1. The zero-order valence-electron chi connectivity index (χ0n) is 12.0. The van der Waals surface area contributed by atoms with Gasteiger partial charge in [0.15, 0.2) is 0 Å². The van der Waals surface area contributed by atoms with Crippen LogP contribution in [0.4, 0.5) is 0 Å². The van der Waals surface area contributed by atoms with E-state index in [1.165, 1.54) is 0 Å². The lowest BCUT2D eigenvalue weighted by atomic mass is 9.90. The average molecular weight is 281 g/mol. The predicted octanol–water partition coefficient (Wildman–Crippen LogP) is 0.350. The number of aryl methyl sites for hydroxylation is 2. The van der Waals surface area contributed by atoms with Gasteiger partial charge in [-0.2, -0.15) is 5.10 Å². The van der Waals surface area contributed by atoms with Gasteiger partial charge in [-0.15, -0.1) is 0 Å². The summed E-state index contributed by atoms with van der Waals surface area (Å²) in [7, 11) is 0. The lowest BCUT2D eigenvalue weighted by Crippen LogP contribution is -2.51. The fraction of sp³-hybridized carbons (Fsp3) is 0.714. The number of aliphatic hydroxyl groups excluding tert-OH is 2. The van der Waals surface area contributed by atoms with Crippen molar-refractivity contribution < 1.29 is 15.0 Å². The second-order valence-electron chi connectivity index (χ2n) is 5.58. The van der Waals surface area contributed by atoms with Crippen LogP contribution in [0.15, 0.2) is 0 Å². The van der Waals surface area contributed by atoms with Crippen LogP contribution in [0.2, 0.25) is 0 Å². The van der Waals surface area contributed by atoms with Crippen LogP contribution >= 0.6 is 0 Å². The van der Waals surface area contributed by atoms with E-state index in [9.17, 15) is 15.0 Å². The molecule has 112 valence electrons. The maximum atomic E-state index is 11.9. The molecule has 1 aliphatic carbocycles. The molecule has 1 heterocycles. The molecule has 0 aromatic carbocycles. The van der Waals surface area contributed by atoms with E-state index >= 15 is 0 Å². The number of hydrogen-bond acceptors (Lipinski definition) is 4. The highest BCUT2D eigenvalue weighted by Gasteiger charge is 2.31. The van der Waals surface area contributed by atoms with Crippen molar-refractivity contribution in [3.8, 4) is 0 Å². The molecular formula is C14H23N3O3. The van der Waals surface area contributed by atoms with E-state index in [4.69, 9.17) is 0 Å². The van der Waals surface area contributed by atoms with Crippen molar-refractivity contribution in [2.75, 3.05) is 0 Å². The highest BCUT2D eigenvalue weighted by atomic mass is 16.3. The van der Waals surface area contributed by atoms with Gasteiger partial charge in [-0.3, -0.25) is 9.89 Å². The van der Waals surface area contributed by atoms with E-state index < -0.39 is 12.2 Å². The molecule has 3 atom stereocenters. The van der Waals surface area contributed by atoms with E-state index in [0.29, 0.717) is 25.7 Å². The van der Waals surface area contributed by atoms with E-state index in [1.807, 2.05) is 13.8 Å². The molecule has 0 spiro atoms. The summed E-state index contributed by atoms with van der Waals surface area (Å²) in [6.07, 6.45) is 1.54. The Morgan fingerprint density at radius 1 is 1.40 bits per heavy atom. The number of amides is 1. The minimum absolute atomic E-state index is 0.0943. The summed E-state index contributed by atoms with van der Waals surface area (Å²) in [6, 6.07) is -0.335. The fourth-order valence-electron chi connectivity index (χ4n) is 2.77. The lowest BCUT2D eigenvalue weighted by molar-refractivity contribution is -0.124. The smallest absolute Gasteiger partial charge is 0.220 e. The minimum Gasteiger partial charge on any atom is -0.390 e. The number of nitrogens with one attached hydrogen (secondary N) is 2. The highest BCUT2D eigenvalue weighted by molar-refractivity contribution is 5.76. The van der Waals surface area contributed by atoms with Crippen LogP contribution in [0.25, 0.3) is 0 Å².